The minimum absolute atomic E-state index is 0.0461. The topological polar surface area (TPSA) is 161 Å². The van der Waals surface area contributed by atoms with E-state index in [0.29, 0.717) is 5.69 Å². The molecule has 0 aliphatic heterocycles. The van der Waals surface area contributed by atoms with Crippen molar-refractivity contribution >= 4 is 23.4 Å². The van der Waals surface area contributed by atoms with Crippen molar-refractivity contribution in [3.8, 4) is 0 Å². The molecule has 0 saturated carbocycles. The van der Waals surface area contributed by atoms with Crippen molar-refractivity contribution in [3.05, 3.63) is 11.4 Å². The number of nitrogens with two attached hydrogens (primary N) is 3. The average molecular weight is 282 g/mol. The van der Waals surface area contributed by atoms with Crippen LogP contribution in [0.2, 0.25) is 0 Å². The molecular formula is C11H18N6O3. The second-order valence-electron chi connectivity index (χ2n) is 4.65. The lowest BCUT2D eigenvalue weighted by molar-refractivity contribution is -0.121. The first-order chi connectivity index (χ1) is 9.23. The Bertz CT molecular complexity index is 520. The van der Waals surface area contributed by atoms with Gasteiger partial charge in [-0.2, -0.15) is 5.10 Å². The summed E-state index contributed by atoms with van der Waals surface area (Å²) in [4.78, 5) is 35.0. The highest BCUT2D eigenvalue weighted by Gasteiger charge is 2.25. The molecule has 0 spiro atoms. The second-order valence-corrected chi connectivity index (χ2v) is 4.65. The third-order valence-corrected chi connectivity index (χ3v) is 2.59. The van der Waals surface area contributed by atoms with Crippen LogP contribution in [0.4, 0.5) is 5.69 Å². The van der Waals surface area contributed by atoms with Gasteiger partial charge in [-0.25, -0.2) is 0 Å². The standard InChI is InChI=1S/C11H18N6O3/c1-5(2)9-8(14)10(16-15-9)11(20)17(3-6(12)18)4-7(13)19/h5H,3-4,14H2,1-2H3,(H2,12,18)(H2,13,19)(H,15,16). The third kappa shape index (κ3) is 3.46. The van der Waals surface area contributed by atoms with Crippen LogP contribution in [0.5, 0.6) is 0 Å². The number of nitrogen functional groups attached to an aromatic ring is 1. The number of nitrogens with one attached hydrogen (secondary N) is 1. The number of primary amides is 2. The molecule has 0 unspecified atom stereocenters. The van der Waals surface area contributed by atoms with Gasteiger partial charge in [0.1, 0.15) is 13.1 Å². The number of hydrogen-bond donors (Lipinski definition) is 4. The minimum atomic E-state index is -0.766. The lowest BCUT2D eigenvalue weighted by Gasteiger charge is -2.18. The van der Waals surface area contributed by atoms with Crippen LogP contribution in [0.3, 0.4) is 0 Å². The van der Waals surface area contributed by atoms with E-state index >= 15 is 0 Å². The highest BCUT2D eigenvalue weighted by molar-refractivity contribution is 6.00. The predicted octanol–water partition coefficient (Wildman–Crippen LogP) is -1.47. The second kappa shape index (κ2) is 6.04. The van der Waals surface area contributed by atoms with Gasteiger partial charge in [0, 0.05) is 0 Å². The molecule has 0 aliphatic carbocycles. The van der Waals surface area contributed by atoms with Crippen molar-refractivity contribution in [3.63, 3.8) is 0 Å². The Hall–Kier alpha value is -2.58. The van der Waals surface area contributed by atoms with Crippen LogP contribution in [0.1, 0.15) is 35.9 Å². The van der Waals surface area contributed by atoms with Gasteiger partial charge in [-0.15, -0.1) is 0 Å². The first kappa shape index (κ1) is 15.5. The number of amides is 3. The molecule has 110 valence electrons. The zero-order chi connectivity index (χ0) is 15.4. The van der Waals surface area contributed by atoms with Crippen LogP contribution >= 0.6 is 0 Å². The molecule has 0 radical (unpaired) electrons. The van der Waals surface area contributed by atoms with Crippen LogP contribution in [0.25, 0.3) is 0 Å². The van der Waals surface area contributed by atoms with Gasteiger partial charge in [0.05, 0.1) is 11.4 Å². The number of anilines is 1. The summed E-state index contributed by atoms with van der Waals surface area (Å²) in [5, 5.41) is 6.49. The Labute approximate surface area is 115 Å². The number of hydrogen-bond acceptors (Lipinski definition) is 5. The van der Waals surface area contributed by atoms with E-state index in [1.54, 1.807) is 0 Å². The molecule has 0 atom stereocenters. The van der Waals surface area contributed by atoms with Crippen LogP contribution in [0.15, 0.2) is 0 Å². The molecule has 0 aromatic carbocycles. The van der Waals surface area contributed by atoms with Gasteiger partial charge in [0.25, 0.3) is 5.91 Å². The number of H-pyrrole nitrogens is 1. The van der Waals surface area contributed by atoms with Crippen molar-refractivity contribution in [2.75, 3.05) is 18.8 Å². The Kier molecular flexibility index (Phi) is 4.68. The summed E-state index contributed by atoms with van der Waals surface area (Å²) in [7, 11) is 0. The van der Waals surface area contributed by atoms with E-state index in [1.807, 2.05) is 13.8 Å². The van der Waals surface area contributed by atoms with Crippen LogP contribution in [-0.2, 0) is 9.59 Å². The summed E-state index contributed by atoms with van der Waals surface area (Å²) < 4.78 is 0. The van der Waals surface area contributed by atoms with E-state index in [9.17, 15) is 14.4 Å². The molecule has 7 N–H and O–H groups in total. The summed E-state index contributed by atoms with van der Waals surface area (Å²) in [6.07, 6.45) is 0. The molecule has 0 fully saturated rings. The number of nitrogens with zero attached hydrogens (tertiary/aromatic N) is 2. The van der Waals surface area contributed by atoms with Crippen molar-refractivity contribution in [1.82, 2.24) is 15.1 Å². The maximum absolute atomic E-state index is 12.2. The summed E-state index contributed by atoms with van der Waals surface area (Å²) in [5.41, 5.74) is 16.6. The van der Waals surface area contributed by atoms with Crippen molar-refractivity contribution < 1.29 is 14.4 Å². The Morgan fingerprint density at radius 1 is 1.20 bits per heavy atom. The number of aromatic nitrogens is 2. The molecule has 3 amide bonds. The Balaban J connectivity index is 3.05. The van der Waals surface area contributed by atoms with Gasteiger partial charge in [-0.1, -0.05) is 13.8 Å². The zero-order valence-corrected chi connectivity index (χ0v) is 11.3. The zero-order valence-electron chi connectivity index (χ0n) is 11.3. The highest BCUT2D eigenvalue weighted by Crippen LogP contribution is 2.22. The molecule has 1 aromatic heterocycles. The van der Waals surface area contributed by atoms with Crippen LogP contribution in [0, 0.1) is 0 Å². The van der Waals surface area contributed by atoms with Gasteiger partial charge in [0.2, 0.25) is 11.8 Å². The Morgan fingerprint density at radius 2 is 1.70 bits per heavy atom. The van der Waals surface area contributed by atoms with Crippen LogP contribution in [-0.4, -0.2) is 45.9 Å². The van der Waals surface area contributed by atoms with Crippen LogP contribution < -0.4 is 17.2 Å². The van der Waals surface area contributed by atoms with E-state index < -0.39 is 30.8 Å². The van der Waals surface area contributed by atoms with E-state index in [4.69, 9.17) is 17.2 Å². The highest BCUT2D eigenvalue weighted by atomic mass is 16.2. The molecule has 20 heavy (non-hydrogen) atoms. The fourth-order valence-corrected chi connectivity index (χ4v) is 1.69. The molecule has 9 nitrogen and oxygen atoms in total. The summed E-state index contributed by atoms with van der Waals surface area (Å²) in [5.74, 6) is -2.16. The quantitative estimate of drug-likeness (QED) is 0.500. The SMILES string of the molecule is CC(C)c1[nH]nc(C(=O)N(CC(N)=O)CC(N)=O)c1N. The molecule has 1 rings (SSSR count). The van der Waals surface area contributed by atoms with Gasteiger partial charge in [0.15, 0.2) is 5.69 Å². The van der Waals surface area contributed by atoms with Gasteiger partial charge < -0.3 is 22.1 Å². The molecule has 0 aliphatic rings. The smallest absolute Gasteiger partial charge is 0.277 e. The normalized spacial score (nSPS) is 10.6. The third-order valence-electron chi connectivity index (χ3n) is 2.59. The van der Waals surface area contributed by atoms with E-state index in [-0.39, 0.29) is 17.3 Å². The van der Waals surface area contributed by atoms with Gasteiger partial charge >= 0.3 is 0 Å². The van der Waals surface area contributed by atoms with Gasteiger partial charge in [-0.3, -0.25) is 19.5 Å². The Morgan fingerprint density at radius 3 is 2.05 bits per heavy atom. The summed E-state index contributed by atoms with van der Waals surface area (Å²) in [6.45, 7) is 2.88. The average Bonchev–Trinajstić information content (AvgIpc) is 2.68. The lowest BCUT2D eigenvalue weighted by Crippen LogP contribution is -2.43. The first-order valence-electron chi connectivity index (χ1n) is 5.93. The number of carbonyl (C=O) groups excluding carboxylic acids is 3. The molecular weight excluding hydrogens is 264 g/mol. The predicted molar refractivity (Wildman–Crippen MR) is 71.4 cm³/mol. The number of aromatic amines is 1. The minimum Gasteiger partial charge on any atom is -0.395 e. The lowest BCUT2D eigenvalue weighted by atomic mass is 10.1. The number of carbonyl (C=O) groups is 3. The van der Waals surface area contributed by atoms with Crippen molar-refractivity contribution in [1.29, 1.82) is 0 Å². The summed E-state index contributed by atoms with van der Waals surface area (Å²) in [6, 6.07) is 0. The number of rotatable bonds is 6. The molecule has 1 aromatic rings. The van der Waals surface area contributed by atoms with E-state index in [2.05, 4.69) is 10.2 Å². The molecule has 9 heteroatoms. The first-order valence-corrected chi connectivity index (χ1v) is 5.93. The molecule has 0 saturated heterocycles. The van der Waals surface area contributed by atoms with Gasteiger partial charge in [-0.05, 0) is 5.92 Å². The van der Waals surface area contributed by atoms with E-state index in [1.165, 1.54) is 0 Å². The fraction of sp³-hybridized carbons (Fsp3) is 0.455. The monoisotopic (exact) mass is 282 g/mol. The van der Waals surface area contributed by atoms with E-state index in [0.717, 1.165) is 4.90 Å². The van der Waals surface area contributed by atoms with Crippen molar-refractivity contribution in [2.24, 2.45) is 11.5 Å². The molecule has 0 bridgehead atoms. The largest absolute Gasteiger partial charge is 0.395 e. The van der Waals surface area contributed by atoms with Crippen molar-refractivity contribution in [2.45, 2.75) is 19.8 Å². The maximum atomic E-state index is 12.2. The maximum Gasteiger partial charge on any atom is 0.277 e. The summed E-state index contributed by atoms with van der Waals surface area (Å²) >= 11 is 0. The fourth-order valence-electron chi connectivity index (χ4n) is 1.69. The molecule has 1 heterocycles.